The molecule has 1 spiro atoms. The smallest absolute Gasteiger partial charge is 0.0639 e. The number of fused-ring (bicyclic) bond motifs is 1. The zero-order valence-corrected chi connectivity index (χ0v) is 12.8. The van der Waals surface area contributed by atoms with E-state index in [1.54, 1.807) is 0 Å². The number of hydrogen-bond acceptors (Lipinski definition) is 1. The van der Waals surface area contributed by atoms with Crippen molar-refractivity contribution in [2.45, 2.75) is 45.4 Å². The predicted octanol–water partition coefficient (Wildman–Crippen LogP) is 5.24. The summed E-state index contributed by atoms with van der Waals surface area (Å²) in [6.07, 6.45) is 10.0. The molecule has 2 heteroatoms. The summed E-state index contributed by atoms with van der Waals surface area (Å²) in [6.45, 7) is 6.54. The van der Waals surface area contributed by atoms with E-state index in [0.29, 0.717) is 11.3 Å². The fourth-order valence-electron chi connectivity index (χ4n) is 4.00. The maximum atomic E-state index is 4.31. The first-order valence-corrected chi connectivity index (χ1v) is 8.28. The lowest BCUT2D eigenvalue weighted by molar-refractivity contribution is 0.269. The van der Waals surface area contributed by atoms with Gasteiger partial charge in [0.1, 0.15) is 0 Å². The first kappa shape index (κ1) is 13.0. The highest BCUT2D eigenvalue weighted by molar-refractivity contribution is 5.93. The summed E-state index contributed by atoms with van der Waals surface area (Å²) >= 11 is 0. The second-order valence-electron chi connectivity index (χ2n) is 6.96. The fraction of sp³-hybridized carbons (Fsp3) is 0.474. The van der Waals surface area contributed by atoms with Crippen LogP contribution in [0.3, 0.4) is 0 Å². The van der Waals surface area contributed by atoms with Crippen LogP contribution in [0.15, 0.2) is 36.7 Å². The molecule has 0 amide bonds. The molecule has 1 atom stereocenters. The lowest BCUT2D eigenvalue weighted by atomic mass is 9.79. The number of aryl methyl sites for hydroxylation is 1. The number of hydrogen-bond donors (Lipinski definition) is 2. The standard InChI is InChI=1S/C19H24N2/c1-3-5-14-6-7-17-15(10-14)18(12-20-17)21-13(2)16-11-19(16)8-4-9-19/h6-7,10,12,16,20-21H,2-5,8-9,11H2,1H3. The highest BCUT2D eigenvalue weighted by atomic mass is 14.9. The Balaban J connectivity index is 1.55. The maximum absolute atomic E-state index is 4.31. The van der Waals surface area contributed by atoms with Crippen LogP contribution in [0.2, 0.25) is 0 Å². The van der Waals surface area contributed by atoms with Gasteiger partial charge in [-0.3, -0.25) is 0 Å². The fourth-order valence-corrected chi connectivity index (χ4v) is 4.00. The molecule has 4 rings (SSSR count). The van der Waals surface area contributed by atoms with Crippen LogP contribution in [0.25, 0.3) is 10.9 Å². The maximum Gasteiger partial charge on any atom is 0.0639 e. The molecule has 2 N–H and O–H groups in total. The van der Waals surface area contributed by atoms with E-state index < -0.39 is 0 Å². The Morgan fingerprint density at radius 3 is 2.95 bits per heavy atom. The summed E-state index contributed by atoms with van der Waals surface area (Å²) in [4.78, 5) is 3.37. The number of aromatic nitrogens is 1. The second kappa shape index (κ2) is 4.66. The lowest BCUT2D eigenvalue weighted by Gasteiger charge is -2.27. The number of H-pyrrole nitrogens is 1. The number of anilines is 1. The van der Waals surface area contributed by atoms with Gasteiger partial charge in [-0.05, 0) is 48.8 Å². The Labute approximate surface area is 126 Å². The molecule has 1 heterocycles. The van der Waals surface area contributed by atoms with Gasteiger partial charge in [-0.25, -0.2) is 0 Å². The number of benzene rings is 1. The van der Waals surface area contributed by atoms with Gasteiger partial charge in [-0.1, -0.05) is 32.4 Å². The number of nitrogens with one attached hydrogen (secondary N) is 2. The molecule has 0 radical (unpaired) electrons. The van der Waals surface area contributed by atoms with Crippen molar-refractivity contribution in [2.75, 3.05) is 5.32 Å². The average Bonchev–Trinajstić information content (AvgIpc) is 3.11. The van der Waals surface area contributed by atoms with Crippen LogP contribution in [-0.2, 0) is 6.42 Å². The molecule has 2 aliphatic carbocycles. The highest BCUT2D eigenvalue weighted by Gasteiger charge is 2.58. The number of allylic oxidation sites excluding steroid dienone is 1. The predicted molar refractivity (Wildman–Crippen MR) is 89.4 cm³/mol. The summed E-state index contributed by atoms with van der Waals surface area (Å²) in [5, 5.41) is 4.89. The van der Waals surface area contributed by atoms with E-state index in [1.807, 2.05) is 0 Å². The number of aromatic amines is 1. The molecule has 110 valence electrons. The minimum Gasteiger partial charge on any atom is -0.359 e. The van der Waals surface area contributed by atoms with Gasteiger partial charge in [0, 0.05) is 28.7 Å². The van der Waals surface area contributed by atoms with Crippen molar-refractivity contribution < 1.29 is 0 Å². The molecular weight excluding hydrogens is 256 g/mol. The molecule has 2 fully saturated rings. The van der Waals surface area contributed by atoms with Crippen molar-refractivity contribution in [3.8, 4) is 0 Å². The van der Waals surface area contributed by atoms with E-state index in [-0.39, 0.29) is 0 Å². The zero-order chi connectivity index (χ0) is 14.4. The van der Waals surface area contributed by atoms with Gasteiger partial charge in [0.2, 0.25) is 0 Å². The number of rotatable bonds is 5. The monoisotopic (exact) mass is 280 g/mol. The van der Waals surface area contributed by atoms with Crippen LogP contribution < -0.4 is 5.32 Å². The summed E-state index contributed by atoms with van der Waals surface area (Å²) in [6, 6.07) is 6.74. The highest BCUT2D eigenvalue weighted by Crippen LogP contribution is 2.67. The summed E-state index contributed by atoms with van der Waals surface area (Å²) in [5.41, 5.74) is 5.68. The molecule has 2 aliphatic rings. The van der Waals surface area contributed by atoms with Crippen molar-refractivity contribution in [1.29, 1.82) is 0 Å². The molecule has 0 saturated heterocycles. The van der Waals surface area contributed by atoms with Gasteiger partial charge < -0.3 is 10.3 Å². The molecule has 2 saturated carbocycles. The minimum absolute atomic E-state index is 0.642. The van der Waals surface area contributed by atoms with Crippen LogP contribution in [-0.4, -0.2) is 4.98 Å². The SMILES string of the molecule is C=C(Nc1c[nH]c2ccc(CCC)cc12)C1CC12CCC2. The molecule has 2 nitrogen and oxygen atoms in total. The van der Waals surface area contributed by atoms with Crippen molar-refractivity contribution in [1.82, 2.24) is 4.98 Å². The van der Waals surface area contributed by atoms with Gasteiger partial charge in [0.05, 0.1) is 5.69 Å². The van der Waals surface area contributed by atoms with Crippen molar-refractivity contribution in [3.05, 3.63) is 42.2 Å². The van der Waals surface area contributed by atoms with E-state index in [9.17, 15) is 0 Å². The molecular formula is C19H24N2. The first-order valence-electron chi connectivity index (χ1n) is 8.28. The van der Waals surface area contributed by atoms with Gasteiger partial charge in [0.15, 0.2) is 0 Å². The third kappa shape index (κ3) is 2.08. The largest absolute Gasteiger partial charge is 0.359 e. The van der Waals surface area contributed by atoms with Gasteiger partial charge >= 0.3 is 0 Å². The molecule has 1 unspecified atom stereocenters. The first-order chi connectivity index (χ1) is 10.2. The minimum atomic E-state index is 0.642. The van der Waals surface area contributed by atoms with Gasteiger partial charge in [-0.15, -0.1) is 0 Å². The average molecular weight is 280 g/mol. The molecule has 0 bridgehead atoms. The third-order valence-corrected chi connectivity index (χ3v) is 5.54. The van der Waals surface area contributed by atoms with Crippen LogP contribution in [0.1, 0.15) is 44.6 Å². The molecule has 1 aromatic carbocycles. The Kier molecular flexibility index (Phi) is 2.88. The summed E-state index contributed by atoms with van der Waals surface area (Å²) < 4.78 is 0. The van der Waals surface area contributed by atoms with Crippen molar-refractivity contribution in [2.24, 2.45) is 11.3 Å². The lowest BCUT2D eigenvalue weighted by Crippen LogP contribution is -2.17. The van der Waals surface area contributed by atoms with Crippen LogP contribution in [0.4, 0.5) is 5.69 Å². The second-order valence-corrected chi connectivity index (χ2v) is 6.96. The topological polar surface area (TPSA) is 27.8 Å². The molecule has 1 aromatic heterocycles. The quantitative estimate of drug-likeness (QED) is 0.770. The molecule has 21 heavy (non-hydrogen) atoms. The normalized spacial score (nSPS) is 22.2. The zero-order valence-electron chi connectivity index (χ0n) is 12.8. The van der Waals surface area contributed by atoms with E-state index in [0.717, 1.165) is 6.42 Å². The van der Waals surface area contributed by atoms with Crippen LogP contribution in [0, 0.1) is 11.3 Å². The van der Waals surface area contributed by atoms with E-state index >= 15 is 0 Å². The van der Waals surface area contributed by atoms with Crippen molar-refractivity contribution in [3.63, 3.8) is 0 Å². The molecule has 0 aliphatic heterocycles. The Bertz CT molecular complexity index is 691. The summed E-state index contributed by atoms with van der Waals surface area (Å²) in [5.74, 6) is 0.704. The van der Waals surface area contributed by atoms with Crippen molar-refractivity contribution >= 4 is 16.6 Å². The molecule has 2 aromatic rings. The Hall–Kier alpha value is -1.70. The van der Waals surface area contributed by atoms with Gasteiger partial charge in [-0.2, -0.15) is 0 Å². The van der Waals surface area contributed by atoms with Gasteiger partial charge in [0.25, 0.3) is 0 Å². The Morgan fingerprint density at radius 2 is 2.29 bits per heavy atom. The summed E-state index contributed by atoms with van der Waals surface area (Å²) in [7, 11) is 0. The van der Waals surface area contributed by atoms with E-state index in [2.05, 4.69) is 48.2 Å². The third-order valence-electron chi connectivity index (χ3n) is 5.54. The van der Waals surface area contributed by atoms with E-state index in [4.69, 9.17) is 0 Å². The Morgan fingerprint density at radius 1 is 1.43 bits per heavy atom. The van der Waals surface area contributed by atoms with Crippen LogP contribution in [0.5, 0.6) is 0 Å². The van der Waals surface area contributed by atoms with Crippen LogP contribution >= 0.6 is 0 Å². The van der Waals surface area contributed by atoms with E-state index in [1.165, 1.54) is 60.0 Å².